The average molecular weight is 463 g/mol. The first-order valence-corrected chi connectivity index (χ1v) is 9.87. The molecule has 32 heavy (non-hydrogen) atoms. The van der Waals surface area contributed by atoms with E-state index in [2.05, 4.69) is 20.8 Å². The second kappa shape index (κ2) is 13.2. The molecule has 2 amide bonds. The number of nitrogens with two attached hydrogens (primary N) is 2. The number of likely N-dealkylation sites (tertiary alicyclic amines) is 1. The van der Waals surface area contributed by atoms with Gasteiger partial charge in [-0.05, 0) is 32.1 Å². The van der Waals surface area contributed by atoms with Crippen LogP contribution in [0.15, 0.2) is 4.52 Å². The van der Waals surface area contributed by atoms with Gasteiger partial charge in [-0.1, -0.05) is 5.16 Å². The van der Waals surface area contributed by atoms with Crippen LogP contribution in [0.2, 0.25) is 0 Å². The molecule has 1 saturated heterocycles. The number of aliphatic carboxylic acids is 2. The van der Waals surface area contributed by atoms with Gasteiger partial charge in [-0.25, -0.2) is 9.59 Å². The van der Waals surface area contributed by atoms with Crippen molar-refractivity contribution in [2.24, 2.45) is 11.5 Å². The normalized spacial score (nSPS) is 17.2. The maximum absolute atomic E-state index is 12.7. The Morgan fingerprint density at radius 1 is 1.31 bits per heavy atom. The molecule has 1 aromatic heterocycles. The van der Waals surface area contributed by atoms with Gasteiger partial charge in [0.25, 0.3) is 0 Å². The van der Waals surface area contributed by atoms with Gasteiger partial charge in [0.2, 0.25) is 5.89 Å². The van der Waals surface area contributed by atoms with Crippen LogP contribution < -0.4 is 22.1 Å². The van der Waals surface area contributed by atoms with Gasteiger partial charge in [-0.15, -0.1) is 0 Å². The average Bonchev–Trinajstić information content (AvgIpc) is 3.38. The van der Waals surface area contributed by atoms with E-state index in [0.717, 1.165) is 0 Å². The fraction of sp³-hybridized carbons (Fsp3) is 0.647. The van der Waals surface area contributed by atoms with E-state index in [4.69, 9.17) is 26.5 Å². The molecule has 1 fully saturated rings. The summed E-state index contributed by atoms with van der Waals surface area (Å²) in [5.41, 5.74) is 11.2. The van der Waals surface area contributed by atoms with E-state index < -0.39 is 36.1 Å². The predicted molar refractivity (Wildman–Crippen MR) is 112 cm³/mol. The molecule has 1 aliphatic heterocycles. The fourth-order valence-electron chi connectivity index (χ4n) is 3.23. The van der Waals surface area contributed by atoms with Crippen molar-refractivity contribution < 1.29 is 29.1 Å². The molecule has 173 valence electrons. The van der Waals surface area contributed by atoms with Crippen LogP contribution >= 0.6 is 0 Å². The second-order valence-electron chi connectivity index (χ2n) is 7.20. The van der Waals surface area contributed by atoms with Crippen molar-refractivity contribution >= 4 is 53.5 Å². The zero-order chi connectivity index (χ0) is 23.0. The molecule has 14 nitrogen and oxygen atoms in total. The SMILES string of the molecule is N=C(N)NCCC[C@H](NC(=O)N1CCC[C@H]1C(=O)O)c1nc([C@@H](N)CCC(=O)O)no1.[Na]. The molecule has 1 aliphatic rings. The van der Waals surface area contributed by atoms with E-state index in [0.29, 0.717) is 38.8 Å². The van der Waals surface area contributed by atoms with Gasteiger partial charge in [0, 0.05) is 49.1 Å². The molecule has 0 bridgehead atoms. The standard InChI is InChI=1S/C17H28N8O6.Na/c18-9(5-6-12(26)27)13-23-14(31-24-13)10(3-1-7-21-16(19)20)22-17(30)25-8-2-4-11(25)15(28)29;/h9-11H,1-8,18H2,(H,22,30)(H,26,27)(H,28,29)(H4,19,20,21);/t9-,10-,11-;/m0./s1. The third kappa shape index (κ3) is 8.26. The van der Waals surface area contributed by atoms with E-state index >= 15 is 0 Å². The number of amides is 2. The summed E-state index contributed by atoms with van der Waals surface area (Å²) in [5, 5.41) is 34.4. The van der Waals surface area contributed by atoms with Crippen molar-refractivity contribution in [3.63, 3.8) is 0 Å². The second-order valence-corrected chi connectivity index (χ2v) is 7.20. The van der Waals surface area contributed by atoms with Crippen LogP contribution in [0.25, 0.3) is 0 Å². The Morgan fingerprint density at radius 2 is 2.03 bits per heavy atom. The number of urea groups is 1. The van der Waals surface area contributed by atoms with Gasteiger partial charge in [-0.2, -0.15) is 4.98 Å². The molecule has 0 saturated carbocycles. The number of carboxylic acids is 2. The summed E-state index contributed by atoms with van der Waals surface area (Å²) in [4.78, 5) is 40.3. The van der Waals surface area contributed by atoms with Crippen LogP contribution in [0, 0.1) is 5.41 Å². The minimum absolute atomic E-state index is 0. The number of nitrogens with one attached hydrogen (secondary N) is 3. The third-order valence-corrected chi connectivity index (χ3v) is 4.84. The van der Waals surface area contributed by atoms with Crippen LogP contribution in [0.4, 0.5) is 4.79 Å². The minimum atomic E-state index is -1.07. The Kier molecular flexibility index (Phi) is 11.4. The van der Waals surface area contributed by atoms with E-state index in [1.807, 2.05) is 0 Å². The molecule has 2 rings (SSSR count). The van der Waals surface area contributed by atoms with Gasteiger partial charge in [0.15, 0.2) is 11.8 Å². The Balaban J connectivity index is 0.00000512. The number of guanidine groups is 1. The number of aromatic nitrogens is 2. The molecule has 0 aliphatic carbocycles. The smallest absolute Gasteiger partial charge is 0.326 e. The number of carboxylic acid groups (broad SMARTS) is 2. The van der Waals surface area contributed by atoms with Crippen molar-refractivity contribution in [3.8, 4) is 0 Å². The first-order chi connectivity index (χ1) is 14.7. The van der Waals surface area contributed by atoms with Gasteiger partial charge in [0.05, 0.1) is 6.04 Å². The van der Waals surface area contributed by atoms with Gasteiger partial charge >= 0.3 is 18.0 Å². The largest absolute Gasteiger partial charge is 0.481 e. The fourth-order valence-corrected chi connectivity index (χ4v) is 3.23. The van der Waals surface area contributed by atoms with Gasteiger partial charge < -0.3 is 41.7 Å². The summed E-state index contributed by atoms with van der Waals surface area (Å²) in [6.45, 7) is 0.679. The van der Waals surface area contributed by atoms with Crippen molar-refractivity contribution in [2.45, 2.75) is 56.7 Å². The first-order valence-electron chi connectivity index (χ1n) is 9.87. The Hall–Kier alpha value is -2.42. The van der Waals surface area contributed by atoms with Crippen molar-refractivity contribution in [1.82, 2.24) is 25.7 Å². The first kappa shape index (κ1) is 27.6. The topological polar surface area (TPSA) is 234 Å². The van der Waals surface area contributed by atoms with E-state index in [-0.39, 0.29) is 60.1 Å². The number of hydrogen-bond donors (Lipinski definition) is 7. The zero-order valence-corrected chi connectivity index (χ0v) is 19.9. The maximum Gasteiger partial charge on any atom is 0.326 e. The number of carbonyl (C=O) groups is 3. The number of rotatable bonds is 11. The molecular weight excluding hydrogens is 435 g/mol. The minimum Gasteiger partial charge on any atom is -0.481 e. The molecule has 1 radical (unpaired) electrons. The molecule has 15 heteroatoms. The third-order valence-electron chi connectivity index (χ3n) is 4.84. The zero-order valence-electron chi connectivity index (χ0n) is 17.9. The van der Waals surface area contributed by atoms with Crippen LogP contribution in [-0.4, -0.2) is 97.9 Å². The summed E-state index contributed by atoms with van der Waals surface area (Å²) in [7, 11) is 0. The summed E-state index contributed by atoms with van der Waals surface area (Å²) in [6.07, 6.45) is 1.73. The molecular formula is C17H28N8NaO6. The molecule has 0 aromatic carbocycles. The summed E-state index contributed by atoms with van der Waals surface area (Å²) >= 11 is 0. The van der Waals surface area contributed by atoms with Crippen LogP contribution in [0.1, 0.15) is 62.3 Å². The van der Waals surface area contributed by atoms with Crippen molar-refractivity contribution in [2.75, 3.05) is 13.1 Å². The van der Waals surface area contributed by atoms with Crippen molar-refractivity contribution in [3.05, 3.63) is 11.7 Å². The van der Waals surface area contributed by atoms with Crippen LogP contribution in [0.3, 0.4) is 0 Å². The molecule has 9 N–H and O–H groups in total. The summed E-state index contributed by atoms with van der Waals surface area (Å²) in [5.74, 6) is -2.07. The number of hydrogen-bond acceptors (Lipinski definition) is 8. The molecule has 1 aromatic rings. The monoisotopic (exact) mass is 463 g/mol. The molecule has 3 atom stereocenters. The maximum atomic E-state index is 12.7. The quantitative estimate of drug-likeness (QED) is 0.0920. The number of carbonyl (C=O) groups excluding carboxylic acids is 1. The van der Waals surface area contributed by atoms with Gasteiger partial charge in [0.1, 0.15) is 12.1 Å². The van der Waals surface area contributed by atoms with E-state index in [1.165, 1.54) is 4.90 Å². The molecule has 2 heterocycles. The Morgan fingerprint density at radius 3 is 2.66 bits per heavy atom. The summed E-state index contributed by atoms with van der Waals surface area (Å²) < 4.78 is 5.25. The van der Waals surface area contributed by atoms with Gasteiger partial charge in [-0.3, -0.25) is 10.2 Å². The van der Waals surface area contributed by atoms with E-state index in [1.54, 1.807) is 0 Å². The van der Waals surface area contributed by atoms with Crippen LogP contribution in [-0.2, 0) is 9.59 Å². The van der Waals surface area contributed by atoms with Crippen LogP contribution in [0.5, 0.6) is 0 Å². The predicted octanol–water partition coefficient (Wildman–Crippen LogP) is -0.884. The molecule has 0 unspecified atom stereocenters. The number of nitrogens with zero attached hydrogens (tertiary/aromatic N) is 3. The summed E-state index contributed by atoms with van der Waals surface area (Å²) in [6, 6.07) is -2.95. The van der Waals surface area contributed by atoms with Crippen molar-refractivity contribution in [1.29, 1.82) is 5.41 Å². The molecule has 0 spiro atoms. The van der Waals surface area contributed by atoms with E-state index in [9.17, 15) is 19.5 Å². The Bertz CT molecular complexity index is 806. The Labute approximate surface area is 206 Å².